The molecule has 0 radical (unpaired) electrons. The Morgan fingerprint density at radius 3 is 2.88 bits per heavy atom. The maximum atomic E-state index is 5.59. The fraction of sp³-hybridized carbons (Fsp3) is 0.364. The van der Waals surface area contributed by atoms with Gasteiger partial charge in [0.05, 0.1) is 12.4 Å². The van der Waals surface area contributed by atoms with Crippen LogP contribution in [0.4, 0.5) is 5.95 Å². The van der Waals surface area contributed by atoms with Gasteiger partial charge >= 0.3 is 0 Å². The number of aromatic nitrogens is 4. The summed E-state index contributed by atoms with van der Waals surface area (Å²) in [6.07, 6.45) is 3.43. The van der Waals surface area contributed by atoms with Crippen LogP contribution >= 0.6 is 0 Å². The molecular weight excluding hydrogens is 218 g/mol. The third-order valence-corrected chi connectivity index (χ3v) is 2.07. The lowest BCUT2D eigenvalue weighted by Gasteiger charge is -2.06. The maximum absolute atomic E-state index is 5.59. The fourth-order valence-electron chi connectivity index (χ4n) is 1.40. The van der Waals surface area contributed by atoms with Crippen molar-refractivity contribution in [2.75, 3.05) is 11.9 Å². The third kappa shape index (κ3) is 2.93. The Morgan fingerprint density at radius 1 is 1.41 bits per heavy atom. The van der Waals surface area contributed by atoms with E-state index in [2.05, 4.69) is 20.4 Å². The number of hydrogen-bond donors (Lipinski definition) is 1. The topological polar surface area (TPSA) is 64.9 Å². The molecule has 2 rings (SSSR count). The van der Waals surface area contributed by atoms with Crippen molar-refractivity contribution in [3.05, 3.63) is 24.2 Å². The number of ether oxygens (including phenoxy) is 1. The summed E-state index contributed by atoms with van der Waals surface area (Å²) in [4.78, 5) is 8.49. The minimum atomic E-state index is 0.515. The molecule has 0 amide bonds. The zero-order valence-electron chi connectivity index (χ0n) is 10.1. The van der Waals surface area contributed by atoms with Crippen molar-refractivity contribution in [2.24, 2.45) is 7.05 Å². The summed E-state index contributed by atoms with van der Waals surface area (Å²) in [5.74, 6) is 1.75. The number of nitrogens with one attached hydrogen (secondary N) is 1. The molecule has 17 heavy (non-hydrogen) atoms. The Bertz CT molecular complexity index is 508. The molecule has 2 aromatic rings. The predicted octanol–water partition coefficient (Wildman–Crippen LogP) is 1.74. The van der Waals surface area contributed by atoms with Gasteiger partial charge in [-0.1, -0.05) is 0 Å². The van der Waals surface area contributed by atoms with Crippen LogP contribution in [0.3, 0.4) is 0 Å². The van der Waals surface area contributed by atoms with E-state index in [0.717, 1.165) is 12.2 Å². The molecule has 0 aliphatic heterocycles. The largest absolute Gasteiger partial charge is 0.436 e. The van der Waals surface area contributed by atoms with Crippen LogP contribution in [-0.2, 0) is 7.05 Å². The van der Waals surface area contributed by atoms with E-state index in [1.807, 2.05) is 20.9 Å². The van der Waals surface area contributed by atoms with Crippen LogP contribution in [-0.4, -0.2) is 26.3 Å². The molecule has 0 atom stereocenters. The average molecular weight is 233 g/mol. The third-order valence-electron chi connectivity index (χ3n) is 2.07. The molecule has 0 spiro atoms. The van der Waals surface area contributed by atoms with E-state index in [1.165, 1.54) is 0 Å². The van der Waals surface area contributed by atoms with E-state index in [4.69, 9.17) is 4.74 Å². The van der Waals surface area contributed by atoms with E-state index in [9.17, 15) is 0 Å². The highest BCUT2D eigenvalue weighted by atomic mass is 16.5. The van der Waals surface area contributed by atoms with E-state index in [0.29, 0.717) is 17.6 Å². The van der Waals surface area contributed by atoms with Gasteiger partial charge in [-0.15, -0.1) is 0 Å². The lowest BCUT2D eigenvalue weighted by molar-refractivity contribution is 0.461. The molecule has 0 aliphatic rings. The van der Waals surface area contributed by atoms with Crippen LogP contribution < -0.4 is 10.1 Å². The van der Waals surface area contributed by atoms with Gasteiger partial charge in [-0.25, -0.2) is 4.98 Å². The van der Waals surface area contributed by atoms with Crippen LogP contribution in [0.2, 0.25) is 0 Å². The first-order chi connectivity index (χ1) is 8.17. The number of aryl methyl sites for hydroxylation is 2. The first-order valence-corrected chi connectivity index (χ1v) is 5.43. The van der Waals surface area contributed by atoms with Crippen LogP contribution in [0.1, 0.15) is 12.6 Å². The minimum Gasteiger partial charge on any atom is -0.436 e. The van der Waals surface area contributed by atoms with Gasteiger partial charge in [-0.2, -0.15) is 10.1 Å². The van der Waals surface area contributed by atoms with Gasteiger partial charge < -0.3 is 10.1 Å². The Balaban J connectivity index is 2.20. The summed E-state index contributed by atoms with van der Waals surface area (Å²) in [5, 5.41) is 7.08. The molecule has 0 saturated heterocycles. The lowest BCUT2D eigenvalue weighted by Crippen LogP contribution is -2.03. The molecule has 6 heteroatoms. The highest BCUT2D eigenvalue weighted by Gasteiger charge is 2.04. The predicted molar refractivity (Wildman–Crippen MR) is 64.2 cm³/mol. The minimum absolute atomic E-state index is 0.515. The van der Waals surface area contributed by atoms with Crippen molar-refractivity contribution >= 4 is 5.95 Å². The average Bonchev–Trinajstić information content (AvgIpc) is 2.63. The van der Waals surface area contributed by atoms with Crippen LogP contribution in [0.5, 0.6) is 11.6 Å². The normalized spacial score (nSPS) is 10.3. The highest BCUT2D eigenvalue weighted by molar-refractivity contribution is 5.32. The van der Waals surface area contributed by atoms with Gasteiger partial charge in [0.25, 0.3) is 0 Å². The van der Waals surface area contributed by atoms with Gasteiger partial charge in [0, 0.05) is 25.4 Å². The molecular formula is C11H15N5O. The van der Waals surface area contributed by atoms with Gasteiger partial charge in [-0.05, 0) is 13.8 Å². The van der Waals surface area contributed by atoms with Gasteiger partial charge in [0.2, 0.25) is 11.8 Å². The van der Waals surface area contributed by atoms with E-state index < -0.39 is 0 Å². The SMILES string of the molecule is CCNc1nc(C)cc(Oc2cnn(C)c2)n1. The molecule has 90 valence electrons. The highest BCUT2D eigenvalue weighted by Crippen LogP contribution is 2.19. The Labute approximate surface area is 99.7 Å². The second-order valence-electron chi connectivity index (χ2n) is 3.65. The molecule has 0 aromatic carbocycles. The number of rotatable bonds is 4. The lowest BCUT2D eigenvalue weighted by atomic mass is 10.4. The van der Waals surface area contributed by atoms with E-state index in [1.54, 1.807) is 23.1 Å². The van der Waals surface area contributed by atoms with Crippen molar-refractivity contribution in [1.82, 2.24) is 19.7 Å². The standard InChI is InChI=1S/C11H15N5O/c1-4-12-11-14-8(2)5-10(15-11)17-9-6-13-16(3)7-9/h5-7H,4H2,1-3H3,(H,12,14,15). The van der Waals surface area contributed by atoms with Crippen LogP contribution in [0.15, 0.2) is 18.5 Å². The molecule has 2 aromatic heterocycles. The molecule has 1 N–H and O–H groups in total. The number of nitrogens with zero attached hydrogens (tertiary/aromatic N) is 4. The van der Waals surface area contributed by atoms with Crippen molar-refractivity contribution < 1.29 is 4.74 Å². The second kappa shape index (κ2) is 4.82. The molecule has 0 fully saturated rings. The maximum Gasteiger partial charge on any atom is 0.226 e. The van der Waals surface area contributed by atoms with E-state index in [-0.39, 0.29) is 0 Å². The summed E-state index contributed by atoms with van der Waals surface area (Å²) >= 11 is 0. The zero-order valence-corrected chi connectivity index (χ0v) is 10.1. The van der Waals surface area contributed by atoms with Crippen LogP contribution in [0, 0.1) is 6.92 Å². The van der Waals surface area contributed by atoms with Gasteiger partial charge in [0.15, 0.2) is 5.75 Å². The molecule has 0 saturated carbocycles. The summed E-state index contributed by atoms with van der Waals surface area (Å²) in [7, 11) is 1.84. The first kappa shape index (κ1) is 11.4. The quantitative estimate of drug-likeness (QED) is 0.871. The fourth-order valence-corrected chi connectivity index (χ4v) is 1.40. The molecule has 0 aliphatic carbocycles. The summed E-state index contributed by atoms with van der Waals surface area (Å²) in [6, 6.07) is 1.79. The molecule has 2 heterocycles. The Morgan fingerprint density at radius 2 is 2.24 bits per heavy atom. The monoisotopic (exact) mass is 233 g/mol. The molecule has 0 unspecified atom stereocenters. The smallest absolute Gasteiger partial charge is 0.226 e. The Kier molecular flexibility index (Phi) is 3.22. The van der Waals surface area contributed by atoms with Gasteiger partial charge in [-0.3, -0.25) is 4.68 Å². The first-order valence-electron chi connectivity index (χ1n) is 5.43. The summed E-state index contributed by atoms with van der Waals surface area (Å²) in [6.45, 7) is 4.67. The van der Waals surface area contributed by atoms with Crippen molar-refractivity contribution in [2.45, 2.75) is 13.8 Å². The van der Waals surface area contributed by atoms with Crippen molar-refractivity contribution in [3.8, 4) is 11.6 Å². The molecule has 0 bridgehead atoms. The summed E-state index contributed by atoms with van der Waals surface area (Å²) < 4.78 is 7.27. The number of anilines is 1. The van der Waals surface area contributed by atoms with Crippen molar-refractivity contribution in [3.63, 3.8) is 0 Å². The number of hydrogen-bond acceptors (Lipinski definition) is 5. The second-order valence-corrected chi connectivity index (χ2v) is 3.65. The van der Waals surface area contributed by atoms with Crippen molar-refractivity contribution in [1.29, 1.82) is 0 Å². The zero-order chi connectivity index (χ0) is 12.3. The summed E-state index contributed by atoms with van der Waals surface area (Å²) in [5.41, 5.74) is 0.856. The van der Waals surface area contributed by atoms with Crippen LogP contribution in [0.25, 0.3) is 0 Å². The van der Waals surface area contributed by atoms with Gasteiger partial charge in [0.1, 0.15) is 0 Å². The van der Waals surface area contributed by atoms with E-state index >= 15 is 0 Å². The molecule has 6 nitrogen and oxygen atoms in total. The Hall–Kier alpha value is -2.11.